The number of rotatable bonds is 4. The number of piperidine rings is 1. The standard InChI is InChI=1S/C20H28F3N3O/c1-16-6-8-26(9-7-16)19(27)15-25-12-10-24(11-13-25)14-17-2-4-18(5-3-17)20(21,22)23/h2-5,16H,6-15H2,1H3. The number of amides is 1. The van der Waals surface area contributed by atoms with E-state index in [1.54, 1.807) is 12.1 Å². The first kappa shape index (κ1) is 20.1. The number of carbonyl (C=O) groups is 1. The molecule has 0 unspecified atom stereocenters. The quantitative estimate of drug-likeness (QED) is 0.800. The molecule has 3 rings (SSSR count). The Balaban J connectivity index is 1.42. The van der Waals surface area contributed by atoms with Gasteiger partial charge in [0.25, 0.3) is 0 Å². The Morgan fingerprint density at radius 2 is 1.52 bits per heavy atom. The van der Waals surface area contributed by atoms with Crippen LogP contribution in [0.3, 0.4) is 0 Å². The maximum Gasteiger partial charge on any atom is 0.416 e. The van der Waals surface area contributed by atoms with Crippen molar-refractivity contribution in [3.63, 3.8) is 0 Å². The second kappa shape index (κ2) is 8.61. The maximum atomic E-state index is 12.6. The van der Waals surface area contributed by atoms with Crippen molar-refractivity contribution in [3.05, 3.63) is 35.4 Å². The van der Waals surface area contributed by atoms with Crippen molar-refractivity contribution < 1.29 is 18.0 Å². The van der Waals surface area contributed by atoms with Crippen molar-refractivity contribution >= 4 is 5.91 Å². The monoisotopic (exact) mass is 383 g/mol. The third-order valence-electron chi connectivity index (χ3n) is 5.65. The Labute approximate surface area is 158 Å². The average Bonchev–Trinajstić information content (AvgIpc) is 2.63. The molecule has 0 spiro atoms. The summed E-state index contributed by atoms with van der Waals surface area (Å²) < 4.78 is 37.9. The summed E-state index contributed by atoms with van der Waals surface area (Å²) in [6.45, 7) is 8.37. The molecule has 0 N–H and O–H groups in total. The molecule has 1 aromatic carbocycles. The van der Waals surface area contributed by atoms with Gasteiger partial charge in [-0.05, 0) is 36.5 Å². The topological polar surface area (TPSA) is 26.8 Å². The summed E-state index contributed by atoms with van der Waals surface area (Å²) in [4.78, 5) is 18.8. The highest BCUT2D eigenvalue weighted by atomic mass is 19.4. The number of carbonyl (C=O) groups excluding carboxylic acids is 1. The lowest BCUT2D eigenvalue weighted by Crippen LogP contribution is -2.50. The van der Waals surface area contributed by atoms with E-state index in [2.05, 4.69) is 16.7 Å². The first-order chi connectivity index (χ1) is 12.8. The minimum absolute atomic E-state index is 0.220. The molecule has 0 aliphatic carbocycles. The van der Waals surface area contributed by atoms with E-state index in [1.807, 2.05) is 4.90 Å². The van der Waals surface area contributed by atoms with Gasteiger partial charge in [-0.15, -0.1) is 0 Å². The number of halogens is 3. The predicted octanol–water partition coefficient (Wildman–Crippen LogP) is 3.08. The molecular formula is C20H28F3N3O. The van der Waals surface area contributed by atoms with Gasteiger partial charge < -0.3 is 4.90 Å². The first-order valence-electron chi connectivity index (χ1n) is 9.70. The Morgan fingerprint density at radius 3 is 2.07 bits per heavy atom. The van der Waals surface area contributed by atoms with Crippen LogP contribution >= 0.6 is 0 Å². The van der Waals surface area contributed by atoms with Gasteiger partial charge in [-0.3, -0.25) is 14.6 Å². The number of alkyl halides is 3. The van der Waals surface area contributed by atoms with Crippen LogP contribution in [0.4, 0.5) is 13.2 Å². The molecule has 27 heavy (non-hydrogen) atoms. The van der Waals surface area contributed by atoms with Crippen LogP contribution in [0, 0.1) is 5.92 Å². The smallest absolute Gasteiger partial charge is 0.342 e. The van der Waals surface area contributed by atoms with E-state index in [0.29, 0.717) is 19.0 Å². The maximum absolute atomic E-state index is 12.6. The second-order valence-electron chi connectivity index (χ2n) is 7.81. The number of piperazine rings is 1. The summed E-state index contributed by atoms with van der Waals surface area (Å²) in [7, 11) is 0. The van der Waals surface area contributed by atoms with Gasteiger partial charge in [0.1, 0.15) is 0 Å². The van der Waals surface area contributed by atoms with E-state index >= 15 is 0 Å². The normalized spacial score (nSPS) is 20.8. The molecule has 2 heterocycles. The first-order valence-corrected chi connectivity index (χ1v) is 9.70. The number of nitrogens with zero attached hydrogens (tertiary/aromatic N) is 3. The van der Waals surface area contributed by atoms with E-state index in [9.17, 15) is 18.0 Å². The summed E-state index contributed by atoms with van der Waals surface area (Å²) in [6.07, 6.45) is -2.11. The van der Waals surface area contributed by atoms with Gasteiger partial charge in [-0.25, -0.2) is 0 Å². The number of hydrogen-bond acceptors (Lipinski definition) is 3. The molecular weight excluding hydrogens is 355 g/mol. The SMILES string of the molecule is CC1CCN(C(=O)CN2CCN(Cc3ccc(C(F)(F)F)cc3)CC2)CC1. The van der Waals surface area contributed by atoms with Gasteiger partial charge in [0.2, 0.25) is 5.91 Å². The van der Waals surface area contributed by atoms with Crippen LogP contribution in [0.2, 0.25) is 0 Å². The lowest BCUT2D eigenvalue weighted by Gasteiger charge is -2.36. The van der Waals surface area contributed by atoms with Crippen molar-refractivity contribution in [1.29, 1.82) is 0 Å². The zero-order chi connectivity index (χ0) is 19.4. The van der Waals surface area contributed by atoms with Gasteiger partial charge >= 0.3 is 6.18 Å². The summed E-state index contributed by atoms with van der Waals surface area (Å²) in [6, 6.07) is 5.39. The minimum atomic E-state index is -4.29. The zero-order valence-corrected chi connectivity index (χ0v) is 15.8. The van der Waals surface area contributed by atoms with Crippen molar-refractivity contribution in [2.45, 2.75) is 32.5 Å². The van der Waals surface area contributed by atoms with Crippen molar-refractivity contribution in [1.82, 2.24) is 14.7 Å². The molecule has 1 amide bonds. The molecule has 2 fully saturated rings. The second-order valence-corrected chi connectivity index (χ2v) is 7.81. The highest BCUT2D eigenvalue weighted by Gasteiger charge is 2.30. The third kappa shape index (κ3) is 5.69. The molecule has 150 valence electrons. The van der Waals surface area contributed by atoms with Crippen LogP contribution in [-0.4, -0.2) is 66.4 Å². The highest BCUT2D eigenvalue weighted by Crippen LogP contribution is 2.29. The Bertz CT molecular complexity index is 616. The molecule has 2 aliphatic heterocycles. The summed E-state index contributed by atoms with van der Waals surface area (Å²) in [5.41, 5.74) is 0.275. The Hall–Kier alpha value is -1.60. The minimum Gasteiger partial charge on any atom is -0.342 e. The molecule has 2 saturated heterocycles. The van der Waals surface area contributed by atoms with Crippen molar-refractivity contribution in [2.75, 3.05) is 45.8 Å². The fourth-order valence-corrected chi connectivity index (χ4v) is 3.71. The lowest BCUT2D eigenvalue weighted by atomic mass is 9.99. The van der Waals surface area contributed by atoms with Gasteiger partial charge in [-0.1, -0.05) is 19.1 Å². The van der Waals surface area contributed by atoms with Gasteiger partial charge in [0.15, 0.2) is 0 Å². The largest absolute Gasteiger partial charge is 0.416 e. The number of likely N-dealkylation sites (tertiary alicyclic amines) is 1. The van der Waals surface area contributed by atoms with E-state index in [0.717, 1.165) is 69.8 Å². The summed E-state index contributed by atoms with van der Waals surface area (Å²) >= 11 is 0. The fraction of sp³-hybridized carbons (Fsp3) is 0.650. The summed E-state index contributed by atoms with van der Waals surface area (Å²) in [5.74, 6) is 0.931. The molecule has 7 heteroatoms. The molecule has 0 atom stereocenters. The number of hydrogen-bond donors (Lipinski definition) is 0. The van der Waals surface area contributed by atoms with Crippen LogP contribution in [-0.2, 0) is 17.5 Å². The van der Waals surface area contributed by atoms with Crippen LogP contribution in [0.15, 0.2) is 24.3 Å². The molecule has 1 aromatic rings. The fourth-order valence-electron chi connectivity index (χ4n) is 3.71. The van der Waals surface area contributed by atoms with Crippen molar-refractivity contribution in [3.8, 4) is 0 Å². The van der Waals surface area contributed by atoms with Gasteiger partial charge in [0, 0.05) is 45.8 Å². The number of benzene rings is 1. The van der Waals surface area contributed by atoms with E-state index in [4.69, 9.17) is 0 Å². The summed E-state index contributed by atoms with van der Waals surface area (Å²) in [5, 5.41) is 0. The Morgan fingerprint density at radius 1 is 0.963 bits per heavy atom. The highest BCUT2D eigenvalue weighted by molar-refractivity contribution is 5.78. The van der Waals surface area contributed by atoms with Crippen LogP contribution in [0.5, 0.6) is 0 Å². The van der Waals surface area contributed by atoms with Crippen LogP contribution in [0.25, 0.3) is 0 Å². The molecule has 2 aliphatic rings. The zero-order valence-electron chi connectivity index (χ0n) is 15.8. The van der Waals surface area contributed by atoms with E-state index in [1.165, 1.54) is 0 Å². The van der Waals surface area contributed by atoms with Crippen LogP contribution < -0.4 is 0 Å². The third-order valence-corrected chi connectivity index (χ3v) is 5.65. The van der Waals surface area contributed by atoms with Gasteiger partial charge in [0.05, 0.1) is 12.1 Å². The molecule has 4 nitrogen and oxygen atoms in total. The van der Waals surface area contributed by atoms with Gasteiger partial charge in [-0.2, -0.15) is 13.2 Å². The van der Waals surface area contributed by atoms with Crippen molar-refractivity contribution in [2.24, 2.45) is 5.92 Å². The van der Waals surface area contributed by atoms with E-state index in [-0.39, 0.29) is 5.91 Å². The average molecular weight is 383 g/mol. The molecule has 0 bridgehead atoms. The van der Waals surface area contributed by atoms with E-state index < -0.39 is 11.7 Å². The molecule has 0 radical (unpaired) electrons. The lowest BCUT2D eigenvalue weighted by molar-refractivity contribution is -0.137. The predicted molar refractivity (Wildman–Crippen MR) is 98.1 cm³/mol. The molecule has 0 aromatic heterocycles. The van der Waals surface area contributed by atoms with Crippen LogP contribution in [0.1, 0.15) is 30.9 Å². The Kier molecular flexibility index (Phi) is 6.42. The molecule has 0 saturated carbocycles.